The Morgan fingerprint density at radius 1 is 1.03 bits per heavy atom. The minimum absolute atomic E-state index is 0.165. The molecule has 2 aromatic rings. The first-order valence-corrected chi connectivity index (χ1v) is 14.9. The highest BCUT2D eigenvalue weighted by Gasteiger charge is 2.62. The second-order valence-electron chi connectivity index (χ2n) is 13.7. The number of aryl methyl sites for hydroxylation is 1. The van der Waals surface area contributed by atoms with Crippen molar-refractivity contribution in [2.24, 2.45) is 46.3 Å². The summed E-state index contributed by atoms with van der Waals surface area (Å²) >= 11 is 0. The lowest BCUT2D eigenvalue weighted by molar-refractivity contribution is -0.174. The topological polar surface area (TPSA) is 75.5 Å². The van der Waals surface area contributed by atoms with Crippen molar-refractivity contribution in [2.45, 2.75) is 97.2 Å². The summed E-state index contributed by atoms with van der Waals surface area (Å²) < 4.78 is 5.34. The van der Waals surface area contributed by atoms with Crippen molar-refractivity contribution in [1.82, 2.24) is 9.97 Å². The van der Waals surface area contributed by atoms with Crippen LogP contribution in [0.1, 0.15) is 84.4 Å². The van der Waals surface area contributed by atoms with E-state index in [1.54, 1.807) is 7.11 Å². The highest BCUT2D eigenvalue weighted by Crippen LogP contribution is 2.68. The number of rotatable bonds is 5. The SMILES string of the molecule is COc1ccc2nc(CC[C@@H](C)[C@H]3CC[C@H]4[C@H]5C(CC[C@]34C)[C@@]3(C)CC[C@@H](O)C[C@H]3C[C@H]5O)ncc2c1. The summed E-state index contributed by atoms with van der Waals surface area (Å²) in [5, 5.41) is 22.9. The number of aliphatic hydroxyl groups excluding tert-OH is 2. The van der Waals surface area contributed by atoms with Gasteiger partial charge in [-0.25, -0.2) is 9.97 Å². The third-order valence-corrected chi connectivity index (χ3v) is 12.1. The van der Waals surface area contributed by atoms with Gasteiger partial charge in [-0.3, -0.25) is 0 Å². The van der Waals surface area contributed by atoms with Crippen LogP contribution >= 0.6 is 0 Å². The van der Waals surface area contributed by atoms with Gasteiger partial charge in [-0.05, 0) is 122 Å². The Morgan fingerprint density at radius 2 is 1.81 bits per heavy atom. The monoisotopic (exact) mass is 506 g/mol. The second kappa shape index (κ2) is 9.48. The van der Waals surface area contributed by atoms with Crippen molar-refractivity contribution in [3.05, 3.63) is 30.2 Å². The number of fused-ring (bicyclic) bond motifs is 6. The average molecular weight is 507 g/mol. The van der Waals surface area contributed by atoms with Crippen LogP contribution < -0.4 is 4.74 Å². The molecule has 0 bridgehead atoms. The van der Waals surface area contributed by atoms with Crippen LogP contribution in [0.2, 0.25) is 0 Å². The zero-order valence-corrected chi connectivity index (χ0v) is 23.2. The number of hydrogen-bond acceptors (Lipinski definition) is 5. The fraction of sp³-hybridized carbons (Fsp3) is 0.750. The largest absolute Gasteiger partial charge is 0.497 e. The highest BCUT2D eigenvalue weighted by molar-refractivity contribution is 5.79. The number of ether oxygens (including phenoxy) is 1. The standard InChI is InChI=1S/C32H46N2O3/c1-19(5-10-29-33-18-20-15-23(37-4)6-9-27(20)34-29)24-7-8-25-30-26(12-14-32(24,25)3)31(2)13-11-22(35)16-21(31)17-28(30)36/h6,9,15,18-19,21-22,24-26,28,30,35-36H,5,7-8,10-14,16-17H2,1-4H3/t19-,21+,22-,24-,25+,26?,28-,30+,31+,32-/m1/s1. The van der Waals surface area contributed by atoms with E-state index in [4.69, 9.17) is 9.72 Å². The van der Waals surface area contributed by atoms with Crippen molar-refractivity contribution < 1.29 is 14.9 Å². The van der Waals surface area contributed by atoms with Crippen LogP contribution in [0.4, 0.5) is 0 Å². The van der Waals surface area contributed by atoms with Crippen LogP contribution in [0, 0.1) is 46.3 Å². The van der Waals surface area contributed by atoms with Crippen LogP contribution in [0.3, 0.4) is 0 Å². The van der Waals surface area contributed by atoms with E-state index in [0.717, 1.165) is 61.0 Å². The van der Waals surface area contributed by atoms with Gasteiger partial charge < -0.3 is 14.9 Å². The maximum Gasteiger partial charge on any atom is 0.128 e. The fourth-order valence-electron chi connectivity index (χ4n) is 10.0. The molecule has 4 fully saturated rings. The number of aromatic nitrogens is 2. The average Bonchev–Trinajstić information content (AvgIpc) is 3.25. The van der Waals surface area contributed by atoms with Crippen molar-refractivity contribution in [2.75, 3.05) is 7.11 Å². The van der Waals surface area contributed by atoms with Crippen LogP contribution in [-0.4, -0.2) is 39.5 Å². The maximum atomic E-state index is 11.5. The molecule has 4 aliphatic carbocycles. The van der Waals surface area contributed by atoms with Gasteiger partial charge in [0, 0.05) is 18.0 Å². The number of nitrogens with zero attached hydrogens (tertiary/aromatic N) is 2. The molecule has 0 saturated heterocycles. The molecule has 5 nitrogen and oxygen atoms in total. The quantitative estimate of drug-likeness (QED) is 0.505. The van der Waals surface area contributed by atoms with Crippen LogP contribution in [0.25, 0.3) is 10.9 Å². The lowest BCUT2D eigenvalue weighted by Gasteiger charge is -2.62. The van der Waals surface area contributed by atoms with Gasteiger partial charge >= 0.3 is 0 Å². The van der Waals surface area contributed by atoms with Gasteiger partial charge in [-0.1, -0.05) is 20.8 Å². The van der Waals surface area contributed by atoms with Gasteiger partial charge in [0.25, 0.3) is 0 Å². The van der Waals surface area contributed by atoms with Crippen LogP contribution in [0.15, 0.2) is 24.4 Å². The van der Waals surface area contributed by atoms with Gasteiger partial charge in [0.15, 0.2) is 0 Å². The molecular weight excluding hydrogens is 460 g/mol. The maximum absolute atomic E-state index is 11.5. The zero-order chi connectivity index (χ0) is 25.9. The molecule has 1 aromatic heterocycles. The van der Waals surface area contributed by atoms with E-state index < -0.39 is 0 Å². The Hall–Kier alpha value is -1.72. The first kappa shape index (κ1) is 25.6. The summed E-state index contributed by atoms with van der Waals surface area (Å²) in [7, 11) is 1.69. The lowest BCUT2D eigenvalue weighted by atomic mass is 9.43. The fourth-order valence-corrected chi connectivity index (χ4v) is 10.0. The van der Waals surface area contributed by atoms with Gasteiger partial charge in [-0.15, -0.1) is 0 Å². The molecular formula is C32H46N2O3. The van der Waals surface area contributed by atoms with Crippen molar-refractivity contribution >= 4 is 10.9 Å². The molecule has 1 aromatic carbocycles. The molecule has 37 heavy (non-hydrogen) atoms. The molecule has 1 unspecified atom stereocenters. The molecule has 0 amide bonds. The normalized spacial score (nSPS) is 42.1. The molecule has 0 aliphatic heterocycles. The van der Waals surface area contributed by atoms with Gasteiger partial charge in [0.2, 0.25) is 0 Å². The molecule has 10 atom stereocenters. The van der Waals surface area contributed by atoms with Crippen molar-refractivity contribution in [1.29, 1.82) is 0 Å². The molecule has 5 heteroatoms. The Kier molecular flexibility index (Phi) is 6.55. The number of hydrogen-bond donors (Lipinski definition) is 2. The van der Waals surface area contributed by atoms with E-state index in [1.807, 2.05) is 24.4 Å². The van der Waals surface area contributed by atoms with Gasteiger partial charge in [0.1, 0.15) is 11.6 Å². The third-order valence-electron chi connectivity index (χ3n) is 12.1. The van der Waals surface area contributed by atoms with E-state index in [9.17, 15) is 10.2 Å². The Labute approximate surface area is 222 Å². The smallest absolute Gasteiger partial charge is 0.128 e. The third kappa shape index (κ3) is 4.19. The van der Waals surface area contributed by atoms with Crippen molar-refractivity contribution in [3.8, 4) is 5.75 Å². The minimum Gasteiger partial charge on any atom is -0.497 e. The molecule has 1 heterocycles. The lowest BCUT2D eigenvalue weighted by Crippen LogP contribution is -2.58. The first-order valence-electron chi connectivity index (χ1n) is 14.9. The summed E-state index contributed by atoms with van der Waals surface area (Å²) in [6, 6.07) is 5.99. The Bertz CT molecular complexity index is 1140. The summed E-state index contributed by atoms with van der Waals surface area (Å²) in [5.74, 6) is 5.27. The predicted molar refractivity (Wildman–Crippen MR) is 146 cm³/mol. The summed E-state index contributed by atoms with van der Waals surface area (Å²) in [4.78, 5) is 9.52. The highest BCUT2D eigenvalue weighted by atomic mass is 16.5. The molecule has 4 saturated carbocycles. The first-order chi connectivity index (χ1) is 17.7. The molecule has 202 valence electrons. The number of benzene rings is 1. The number of aliphatic hydroxyl groups is 2. The summed E-state index contributed by atoms with van der Waals surface area (Å²) in [6.07, 6.45) is 12.6. The summed E-state index contributed by atoms with van der Waals surface area (Å²) in [5.41, 5.74) is 1.60. The number of methoxy groups -OCH3 is 1. The molecule has 0 radical (unpaired) electrons. The molecule has 0 spiro atoms. The Morgan fingerprint density at radius 3 is 2.62 bits per heavy atom. The van der Waals surface area contributed by atoms with E-state index in [1.165, 1.54) is 25.7 Å². The second-order valence-corrected chi connectivity index (χ2v) is 13.7. The predicted octanol–water partition coefficient (Wildman–Crippen LogP) is 6.20. The van der Waals surface area contributed by atoms with Gasteiger partial charge in [-0.2, -0.15) is 0 Å². The van der Waals surface area contributed by atoms with Gasteiger partial charge in [0.05, 0.1) is 24.8 Å². The van der Waals surface area contributed by atoms with Crippen LogP contribution in [-0.2, 0) is 6.42 Å². The van der Waals surface area contributed by atoms with E-state index in [2.05, 4.69) is 25.8 Å². The van der Waals surface area contributed by atoms with Crippen molar-refractivity contribution in [3.63, 3.8) is 0 Å². The van der Waals surface area contributed by atoms with Crippen LogP contribution in [0.5, 0.6) is 5.75 Å². The van der Waals surface area contributed by atoms with E-state index in [0.29, 0.717) is 46.3 Å². The molecule has 4 aliphatic rings. The van der Waals surface area contributed by atoms with E-state index >= 15 is 0 Å². The summed E-state index contributed by atoms with van der Waals surface area (Å²) in [6.45, 7) is 7.52. The zero-order valence-electron chi connectivity index (χ0n) is 23.2. The van der Waals surface area contributed by atoms with E-state index in [-0.39, 0.29) is 12.2 Å². The Balaban J connectivity index is 1.15. The molecule has 6 rings (SSSR count). The molecule has 2 N–H and O–H groups in total. The minimum atomic E-state index is -0.198.